The highest BCUT2D eigenvalue weighted by atomic mass is 31.2. The van der Waals surface area contributed by atoms with Gasteiger partial charge in [0.05, 0.1) is 27.7 Å². The van der Waals surface area contributed by atoms with Crippen LogP contribution in [0.25, 0.3) is 0 Å². The first-order chi connectivity index (χ1) is 38.0. The maximum Gasteiger partial charge on any atom is 0.472 e. The van der Waals surface area contributed by atoms with E-state index in [-0.39, 0.29) is 32.0 Å². The Kier molecular flexibility index (Phi) is 56.7. The van der Waals surface area contributed by atoms with Crippen LogP contribution in [0.3, 0.4) is 0 Å². The SMILES string of the molecule is CC/C=C\C/C=C\C/C=C\C/C=C\C/C=C\C/C=C\CCCCCCCCCCCCCCCCCCCCC(=O)OC(COC(=O)CCCCCCCCC/C=C\CCCCCCCC)COP(=O)(O)OCC[N+](C)(C)C. The molecule has 0 aliphatic rings. The number of phosphoric ester groups is 1. The summed E-state index contributed by atoms with van der Waals surface area (Å²) in [6.07, 6.45) is 79.6. The van der Waals surface area contributed by atoms with Gasteiger partial charge in [-0.1, -0.05) is 266 Å². The van der Waals surface area contributed by atoms with Crippen molar-refractivity contribution < 1.29 is 42.1 Å². The predicted molar refractivity (Wildman–Crippen MR) is 335 cm³/mol. The molecule has 0 aliphatic heterocycles. The van der Waals surface area contributed by atoms with Gasteiger partial charge >= 0.3 is 19.8 Å². The molecule has 0 aromatic carbocycles. The molecule has 9 nitrogen and oxygen atoms in total. The third-order valence-electron chi connectivity index (χ3n) is 13.9. The van der Waals surface area contributed by atoms with Gasteiger partial charge in [0, 0.05) is 12.8 Å². The number of quaternary nitrogens is 1. The highest BCUT2D eigenvalue weighted by Gasteiger charge is 2.27. The van der Waals surface area contributed by atoms with Crippen LogP contribution in [0.2, 0.25) is 0 Å². The molecule has 0 fully saturated rings. The summed E-state index contributed by atoms with van der Waals surface area (Å²) in [5, 5.41) is 0. The number of unbranched alkanes of at least 4 members (excludes halogenated alkanes) is 31. The lowest BCUT2D eigenvalue weighted by molar-refractivity contribution is -0.870. The second kappa shape index (κ2) is 58.8. The van der Waals surface area contributed by atoms with Crippen LogP contribution in [0.4, 0.5) is 0 Å². The highest BCUT2D eigenvalue weighted by molar-refractivity contribution is 7.47. The van der Waals surface area contributed by atoms with Gasteiger partial charge in [-0.25, -0.2) is 4.57 Å². The topological polar surface area (TPSA) is 108 Å². The number of nitrogens with zero attached hydrogens (tertiary/aromatic N) is 1. The lowest BCUT2D eigenvalue weighted by Gasteiger charge is -2.24. The van der Waals surface area contributed by atoms with Gasteiger partial charge in [-0.2, -0.15) is 0 Å². The molecular weight excluding hydrogens is 990 g/mol. The molecule has 1 N–H and O–H groups in total. The molecule has 0 aliphatic carbocycles. The predicted octanol–water partition coefficient (Wildman–Crippen LogP) is 20.6. The van der Waals surface area contributed by atoms with E-state index in [1.807, 2.05) is 21.1 Å². The minimum atomic E-state index is -4.39. The third-order valence-corrected chi connectivity index (χ3v) is 14.9. The first-order valence-corrected chi connectivity index (χ1v) is 33.8. The number of phosphoric acid groups is 1. The number of rotatable bonds is 59. The number of carbonyl (C=O) groups is 2. The molecule has 0 aromatic rings. The van der Waals surface area contributed by atoms with E-state index >= 15 is 0 Å². The summed E-state index contributed by atoms with van der Waals surface area (Å²) in [5.41, 5.74) is 0. The van der Waals surface area contributed by atoms with Crippen molar-refractivity contribution in [2.45, 2.75) is 290 Å². The first kappa shape index (κ1) is 75.2. The van der Waals surface area contributed by atoms with Gasteiger partial charge in [0.15, 0.2) is 6.10 Å². The summed E-state index contributed by atoms with van der Waals surface area (Å²) in [7, 11) is 1.48. The molecule has 0 spiro atoms. The fourth-order valence-electron chi connectivity index (χ4n) is 8.96. The normalized spacial score (nSPS) is 13.8. The van der Waals surface area contributed by atoms with E-state index < -0.39 is 26.5 Å². The first-order valence-electron chi connectivity index (χ1n) is 32.3. The van der Waals surface area contributed by atoms with Gasteiger partial charge in [0.1, 0.15) is 19.8 Å². The van der Waals surface area contributed by atoms with Crippen LogP contribution >= 0.6 is 7.82 Å². The van der Waals surface area contributed by atoms with E-state index in [9.17, 15) is 19.0 Å². The number of hydrogen-bond donors (Lipinski definition) is 1. The highest BCUT2D eigenvalue weighted by Crippen LogP contribution is 2.43. The number of esters is 2. The Morgan fingerprint density at radius 2 is 0.731 bits per heavy atom. The Labute approximate surface area is 481 Å². The fourth-order valence-corrected chi connectivity index (χ4v) is 9.70. The second-order valence-corrected chi connectivity index (χ2v) is 24.2. The van der Waals surface area contributed by atoms with E-state index in [2.05, 4.69) is 98.9 Å². The maximum absolute atomic E-state index is 12.8. The maximum atomic E-state index is 12.8. The molecule has 0 saturated carbocycles. The number of carbonyl (C=O) groups excluding carboxylic acids is 2. The molecule has 2 unspecified atom stereocenters. The Hall–Kier alpha value is -2.81. The molecule has 78 heavy (non-hydrogen) atoms. The zero-order valence-electron chi connectivity index (χ0n) is 51.4. The third kappa shape index (κ3) is 62.4. The number of ether oxygens (including phenoxy) is 2. The number of likely N-dealkylation sites (N-methyl/N-ethyl adjacent to an activating group) is 1. The molecule has 0 aromatic heterocycles. The molecule has 0 radical (unpaired) electrons. The van der Waals surface area contributed by atoms with Crippen molar-refractivity contribution in [3.05, 3.63) is 85.1 Å². The summed E-state index contributed by atoms with van der Waals surface area (Å²) in [4.78, 5) is 35.7. The van der Waals surface area contributed by atoms with E-state index in [0.29, 0.717) is 17.4 Å². The van der Waals surface area contributed by atoms with Crippen molar-refractivity contribution in [3.63, 3.8) is 0 Å². The van der Waals surface area contributed by atoms with Crippen LogP contribution < -0.4 is 0 Å². The van der Waals surface area contributed by atoms with Crippen LogP contribution in [0, 0.1) is 0 Å². The van der Waals surface area contributed by atoms with E-state index in [4.69, 9.17) is 18.5 Å². The Morgan fingerprint density at radius 3 is 1.10 bits per heavy atom. The molecule has 0 bridgehead atoms. The van der Waals surface area contributed by atoms with Gasteiger partial charge in [-0.3, -0.25) is 18.6 Å². The van der Waals surface area contributed by atoms with Crippen molar-refractivity contribution in [2.75, 3.05) is 47.5 Å². The van der Waals surface area contributed by atoms with Crippen LogP contribution in [-0.4, -0.2) is 74.9 Å². The van der Waals surface area contributed by atoms with E-state index in [1.54, 1.807) is 0 Å². The quantitative estimate of drug-likeness (QED) is 0.0211. The smallest absolute Gasteiger partial charge is 0.462 e. The summed E-state index contributed by atoms with van der Waals surface area (Å²) in [6.45, 7) is 4.33. The minimum absolute atomic E-state index is 0.0303. The second-order valence-electron chi connectivity index (χ2n) is 22.8. The van der Waals surface area contributed by atoms with Crippen LogP contribution in [0.15, 0.2) is 85.1 Å². The summed E-state index contributed by atoms with van der Waals surface area (Å²) >= 11 is 0. The zero-order chi connectivity index (χ0) is 57.0. The standard InChI is InChI=1S/C68H122NO8P/c1-6-8-10-12-14-16-18-20-22-24-25-26-27-28-29-30-31-32-33-34-35-36-37-38-39-40-41-42-43-45-47-49-51-53-55-57-59-61-68(71)77-66(65-76-78(72,73)75-63-62-69(3,4)5)64-74-67(70)60-58-56-54-52-50-48-46-44-23-21-19-17-15-13-11-9-7-2/h8,10,14,16,20-23,25-26,28-29,31-32,66H,6-7,9,11-13,15,17-19,24,27,30,33-65H2,1-5H3/p+1/b10-8-,16-14-,22-20-,23-21-,26-25-,29-28-,32-31-. The van der Waals surface area contributed by atoms with E-state index in [1.165, 1.54) is 180 Å². The summed E-state index contributed by atoms with van der Waals surface area (Å²) in [6, 6.07) is 0. The summed E-state index contributed by atoms with van der Waals surface area (Å²) < 4.78 is 34.6. The van der Waals surface area contributed by atoms with Gasteiger partial charge < -0.3 is 18.9 Å². The van der Waals surface area contributed by atoms with Gasteiger partial charge in [-0.15, -0.1) is 0 Å². The molecule has 2 atom stereocenters. The molecular formula is C68H123NO8P+. The Morgan fingerprint density at radius 1 is 0.410 bits per heavy atom. The number of allylic oxidation sites excluding steroid dienone is 14. The van der Waals surface area contributed by atoms with Gasteiger partial charge in [-0.05, 0) is 89.9 Å². The molecule has 0 heterocycles. The van der Waals surface area contributed by atoms with Crippen molar-refractivity contribution in [3.8, 4) is 0 Å². The zero-order valence-corrected chi connectivity index (χ0v) is 52.3. The number of hydrogen-bond acceptors (Lipinski definition) is 7. The van der Waals surface area contributed by atoms with Crippen molar-refractivity contribution >= 4 is 19.8 Å². The summed E-state index contributed by atoms with van der Waals surface area (Å²) in [5.74, 6) is -0.794. The Balaban J connectivity index is 4.00. The molecule has 0 saturated heterocycles. The molecule has 0 rings (SSSR count). The lowest BCUT2D eigenvalue weighted by Crippen LogP contribution is -2.37. The Bertz CT molecular complexity index is 1590. The average molecular weight is 1110 g/mol. The molecule has 452 valence electrons. The van der Waals surface area contributed by atoms with Gasteiger partial charge in [0.2, 0.25) is 0 Å². The largest absolute Gasteiger partial charge is 0.472 e. The average Bonchev–Trinajstić information content (AvgIpc) is 3.41. The van der Waals surface area contributed by atoms with E-state index in [0.717, 1.165) is 70.6 Å². The lowest BCUT2D eigenvalue weighted by atomic mass is 10.0. The molecule has 0 amide bonds. The van der Waals surface area contributed by atoms with Gasteiger partial charge in [0.25, 0.3) is 0 Å². The van der Waals surface area contributed by atoms with Crippen molar-refractivity contribution in [1.82, 2.24) is 0 Å². The van der Waals surface area contributed by atoms with Crippen LogP contribution in [0.5, 0.6) is 0 Å². The monoisotopic (exact) mass is 1110 g/mol. The molecule has 10 heteroatoms. The van der Waals surface area contributed by atoms with Crippen LogP contribution in [-0.2, 0) is 32.7 Å². The van der Waals surface area contributed by atoms with Crippen molar-refractivity contribution in [2.24, 2.45) is 0 Å². The minimum Gasteiger partial charge on any atom is -0.462 e. The fraction of sp³-hybridized carbons (Fsp3) is 0.765. The van der Waals surface area contributed by atoms with Crippen LogP contribution in [0.1, 0.15) is 284 Å². The van der Waals surface area contributed by atoms with Crippen molar-refractivity contribution in [1.29, 1.82) is 0 Å².